The molecule has 3 aromatic rings. The summed E-state index contributed by atoms with van der Waals surface area (Å²) in [5, 5.41) is 10.7. The summed E-state index contributed by atoms with van der Waals surface area (Å²) in [4.78, 5) is 26.2. The van der Waals surface area contributed by atoms with Gasteiger partial charge in [0.15, 0.2) is 11.5 Å². The molecule has 1 aliphatic heterocycles. The lowest BCUT2D eigenvalue weighted by molar-refractivity contribution is -0.121. The number of amides is 2. The number of nitrogens with one attached hydrogen (secondary N) is 1. The van der Waals surface area contributed by atoms with Crippen molar-refractivity contribution in [2.75, 3.05) is 20.4 Å². The maximum atomic E-state index is 12.6. The summed E-state index contributed by atoms with van der Waals surface area (Å²) >= 11 is 0. The third kappa shape index (κ3) is 3.46. The monoisotopic (exact) mass is 381 g/mol. The molecule has 0 radical (unpaired) electrons. The van der Waals surface area contributed by atoms with Crippen molar-refractivity contribution in [3.8, 4) is 11.5 Å². The quantitative estimate of drug-likeness (QED) is 0.710. The van der Waals surface area contributed by atoms with E-state index in [9.17, 15) is 9.59 Å². The zero-order chi connectivity index (χ0) is 19.7. The van der Waals surface area contributed by atoms with Gasteiger partial charge in [-0.15, -0.1) is 5.10 Å². The molecule has 0 saturated heterocycles. The second kappa shape index (κ2) is 7.18. The van der Waals surface area contributed by atoms with E-state index in [-0.39, 0.29) is 25.2 Å². The molecule has 144 valence electrons. The standard InChI is InChI=1S/C19H19N5O4/c1-23(19(26)13-4-5-15-14(8-13)21-22-24(15)2)10-18(25)20-9-12-3-6-16-17(7-12)28-11-27-16/h3-8H,9-11H2,1-2H3,(H,20,25). The smallest absolute Gasteiger partial charge is 0.254 e. The van der Waals surface area contributed by atoms with Crippen LogP contribution in [-0.4, -0.2) is 52.1 Å². The molecule has 2 aromatic carbocycles. The molecule has 2 heterocycles. The second-order valence-electron chi connectivity index (χ2n) is 6.54. The molecule has 9 heteroatoms. The van der Waals surface area contributed by atoms with E-state index in [1.165, 1.54) is 4.90 Å². The molecule has 1 aliphatic rings. The van der Waals surface area contributed by atoms with Crippen LogP contribution in [0.1, 0.15) is 15.9 Å². The number of hydrogen-bond donors (Lipinski definition) is 1. The Morgan fingerprint density at radius 2 is 2.00 bits per heavy atom. The van der Waals surface area contributed by atoms with Crippen LogP contribution in [0.2, 0.25) is 0 Å². The average molecular weight is 381 g/mol. The molecular formula is C19H19N5O4. The summed E-state index contributed by atoms with van der Waals surface area (Å²) in [7, 11) is 3.37. The SMILES string of the molecule is CN(CC(=O)NCc1ccc2c(c1)OCO2)C(=O)c1ccc2c(c1)nnn2C. The molecule has 28 heavy (non-hydrogen) atoms. The number of hydrogen-bond acceptors (Lipinski definition) is 6. The number of benzene rings is 2. The van der Waals surface area contributed by atoms with E-state index < -0.39 is 0 Å². The Bertz CT molecular complexity index is 1060. The predicted octanol–water partition coefficient (Wildman–Crippen LogP) is 1.09. The highest BCUT2D eigenvalue weighted by Crippen LogP contribution is 2.32. The molecule has 0 aliphatic carbocycles. The number of fused-ring (bicyclic) bond motifs is 2. The van der Waals surface area contributed by atoms with Gasteiger partial charge < -0.3 is 19.7 Å². The minimum absolute atomic E-state index is 0.0537. The van der Waals surface area contributed by atoms with Gasteiger partial charge in [-0.2, -0.15) is 0 Å². The van der Waals surface area contributed by atoms with Crippen molar-refractivity contribution in [3.05, 3.63) is 47.5 Å². The molecule has 2 amide bonds. The van der Waals surface area contributed by atoms with Crippen LogP contribution in [0.4, 0.5) is 0 Å². The van der Waals surface area contributed by atoms with E-state index in [4.69, 9.17) is 9.47 Å². The fraction of sp³-hybridized carbons (Fsp3) is 0.263. The van der Waals surface area contributed by atoms with Gasteiger partial charge in [0.1, 0.15) is 5.52 Å². The van der Waals surface area contributed by atoms with Gasteiger partial charge in [0.05, 0.1) is 12.1 Å². The Labute approximate surface area is 160 Å². The predicted molar refractivity (Wildman–Crippen MR) is 99.9 cm³/mol. The minimum Gasteiger partial charge on any atom is -0.454 e. The van der Waals surface area contributed by atoms with Crippen molar-refractivity contribution in [1.82, 2.24) is 25.2 Å². The van der Waals surface area contributed by atoms with E-state index in [0.717, 1.165) is 11.1 Å². The maximum Gasteiger partial charge on any atom is 0.254 e. The van der Waals surface area contributed by atoms with Gasteiger partial charge in [0, 0.05) is 26.2 Å². The number of rotatable bonds is 5. The first-order chi connectivity index (χ1) is 13.5. The number of nitrogens with zero attached hydrogens (tertiary/aromatic N) is 4. The molecule has 1 N–H and O–H groups in total. The fourth-order valence-electron chi connectivity index (χ4n) is 2.99. The van der Waals surface area contributed by atoms with Crippen molar-refractivity contribution < 1.29 is 19.1 Å². The first-order valence-electron chi connectivity index (χ1n) is 8.71. The minimum atomic E-state index is -0.259. The van der Waals surface area contributed by atoms with Crippen LogP contribution in [0.25, 0.3) is 11.0 Å². The molecule has 0 unspecified atom stereocenters. The Hall–Kier alpha value is -3.62. The highest BCUT2D eigenvalue weighted by molar-refractivity contribution is 5.98. The number of aromatic nitrogens is 3. The van der Waals surface area contributed by atoms with Gasteiger partial charge in [-0.1, -0.05) is 11.3 Å². The lowest BCUT2D eigenvalue weighted by Gasteiger charge is -2.17. The molecule has 0 bridgehead atoms. The Kier molecular flexibility index (Phi) is 4.56. The fourth-order valence-corrected chi connectivity index (χ4v) is 2.99. The van der Waals surface area contributed by atoms with Gasteiger partial charge in [-0.3, -0.25) is 9.59 Å². The van der Waals surface area contributed by atoms with Gasteiger partial charge in [-0.25, -0.2) is 4.68 Å². The number of carbonyl (C=O) groups excluding carboxylic acids is 2. The Morgan fingerprint density at radius 3 is 2.86 bits per heavy atom. The number of carbonyl (C=O) groups is 2. The Morgan fingerprint density at radius 1 is 1.18 bits per heavy atom. The van der Waals surface area contributed by atoms with E-state index in [1.54, 1.807) is 37.0 Å². The van der Waals surface area contributed by atoms with Crippen LogP contribution in [0.15, 0.2) is 36.4 Å². The van der Waals surface area contributed by atoms with Crippen LogP contribution in [-0.2, 0) is 18.4 Å². The van der Waals surface area contributed by atoms with E-state index in [0.29, 0.717) is 29.1 Å². The van der Waals surface area contributed by atoms with Crippen LogP contribution in [0.3, 0.4) is 0 Å². The summed E-state index contributed by atoms with van der Waals surface area (Å²) in [6.07, 6.45) is 0. The molecule has 4 rings (SSSR count). The zero-order valence-electron chi connectivity index (χ0n) is 15.5. The van der Waals surface area contributed by atoms with E-state index >= 15 is 0 Å². The van der Waals surface area contributed by atoms with Crippen LogP contribution < -0.4 is 14.8 Å². The summed E-state index contributed by atoms with van der Waals surface area (Å²) in [5.74, 6) is 0.846. The molecule has 0 fully saturated rings. The van der Waals surface area contributed by atoms with Crippen molar-refractivity contribution in [2.45, 2.75) is 6.54 Å². The average Bonchev–Trinajstić information content (AvgIpc) is 3.31. The van der Waals surface area contributed by atoms with Crippen molar-refractivity contribution >= 4 is 22.8 Å². The molecule has 1 aromatic heterocycles. The molecule has 0 atom stereocenters. The molecule has 0 saturated carbocycles. The number of aryl methyl sites for hydroxylation is 1. The van der Waals surface area contributed by atoms with Gasteiger partial charge in [-0.05, 0) is 35.9 Å². The number of ether oxygens (including phenoxy) is 2. The van der Waals surface area contributed by atoms with Crippen LogP contribution in [0.5, 0.6) is 11.5 Å². The van der Waals surface area contributed by atoms with Crippen molar-refractivity contribution in [3.63, 3.8) is 0 Å². The summed E-state index contributed by atoms with van der Waals surface area (Å²) in [6, 6.07) is 10.7. The van der Waals surface area contributed by atoms with Gasteiger partial charge >= 0.3 is 0 Å². The summed E-state index contributed by atoms with van der Waals surface area (Å²) < 4.78 is 12.2. The molecule has 0 spiro atoms. The third-order valence-electron chi connectivity index (χ3n) is 4.51. The van der Waals surface area contributed by atoms with Gasteiger partial charge in [0.2, 0.25) is 12.7 Å². The maximum absolute atomic E-state index is 12.6. The summed E-state index contributed by atoms with van der Waals surface area (Å²) in [6.45, 7) is 0.489. The molecule has 9 nitrogen and oxygen atoms in total. The van der Waals surface area contributed by atoms with Crippen LogP contribution >= 0.6 is 0 Å². The van der Waals surface area contributed by atoms with Crippen LogP contribution in [0, 0.1) is 0 Å². The molecular weight excluding hydrogens is 362 g/mol. The topological polar surface area (TPSA) is 98.6 Å². The first-order valence-corrected chi connectivity index (χ1v) is 8.71. The highest BCUT2D eigenvalue weighted by Gasteiger charge is 2.17. The lowest BCUT2D eigenvalue weighted by Crippen LogP contribution is -2.38. The van der Waals surface area contributed by atoms with E-state index in [2.05, 4.69) is 15.6 Å². The Balaban J connectivity index is 1.34. The van der Waals surface area contributed by atoms with Crippen molar-refractivity contribution in [2.24, 2.45) is 7.05 Å². The lowest BCUT2D eigenvalue weighted by atomic mass is 10.1. The second-order valence-corrected chi connectivity index (χ2v) is 6.54. The highest BCUT2D eigenvalue weighted by atomic mass is 16.7. The van der Waals surface area contributed by atoms with Crippen molar-refractivity contribution in [1.29, 1.82) is 0 Å². The summed E-state index contributed by atoms with van der Waals surface area (Å²) in [5.41, 5.74) is 2.81. The third-order valence-corrected chi connectivity index (χ3v) is 4.51. The zero-order valence-corrected chi connectivity index (χ0v) is 15.5. The van der Waals surface area contributed by atoms with Gasteiger partial charge in [0.25, 0.3) is 5.91 Å². The largest absolute Gasteiger partial charge is 0.454 e. The normalized spacial score (nSPS) is 12.2. The number of likely N-dealkylation sites (N-methyl/N-ethyl adjacent to an activating group) is 1. The van der Waals surface area contributed by atoms with E-state index in [1.807, 2.05) is 18.2 Å². The first kappa shape index (κ1) is 17.8.